The number of aryl methyl sites for hydroxylation is 1. The number of amides is 2. The van der Waals surface area contributed by atoms with Gasteiger partial charge in [-0.2, -0.15) is 0 Å². The van der Waals surface area contributed by atoms with E-state index in [1.165, 1.54) is 18.1 Å². The van der Waals surface area contributed by atoms with Crippen molar-refractivity contribution >= 4 is 46.9 Å². The fourth-order valence-electron chi connectivity index (χ4n) is 3.38. The van der Waals surface area contributed by atoms with Gasteiger partial charge in [-0.05, 0) is 61.0 Å². The molecule has 0 spiro atoms. The molecule has 1 heterocycles. The number of carboxylic acids is 1. The molecular weight excluding hydrogens is 444 g/mol. The number of anilines is 1. The minimum atomic E-state index is -1.13. The predicted octanol–water partition coefficient (Wildman–Crippen LogP) is 3.03. The van der Waals surface area contributed by atoms with Crippen LogP contribution in [0.5, 0.6) is 11.5 Å². The van der Waals surface area contributed by atoms with Gasteiger partial charge in [-0.3, -0.25) is 19.8 Å². The van der Waals surface area contributed by atoms with E-state index in [4.69, 9.17) is 26.8 Å². The van der Waals surface area contributed by atoms with Gasteiger partial charge >= 0.3 is 5.97 Å². The first-order chi connectivity index (χ1) is 15.8. The number of carbonyl (C=O) groups excluding carboxylic acids is 2. The summed E-state index contributed by atoms with van der Waals surface area (Å²) >= 11 is 5.25. The van der Waals surface area contributed by atoms with Gasteiger partial charge in [0.05, 0.1) is 12.8 Å². The molecule has 0 bridgehead atoms. The number of aliphatic carboxylic acids is 1. The summed E-state index contributed by atoms with van der Waals surface area (Å²) in [7, 11) is 1.41. The number of thiocarbonyl (C=S) groups is 1. The van der Waals surface area contributed by atoms with Gasteiger partial charge in [-0.15, -0.1) is 6.58 Å². The molecular formula is C24H22N2O6S. The van der Waals surface area contributed by atoms with Gasteiger partial charge in [0.25, 0.3) is 11.8 Å². The van der Waals surface area contributed by atoms with E-state index >= 15 is 0 Å². The predicted molar refractivity (Wildman–Crippen MR) is 127 cm³/mol. The second kappa shape index (κ2) is 10.1. The highest BCUT2D eigenvalue weighted by molar-refractivity contribution is 7.80. The molecule has 3 rings (SSSR count). The summed E-state index contributed by atoms with van der Waals surface area (Å²) in [6.07, 6.45) is 3.40. The summed E-state index contributed by atoms with van der Waals surface area (Å²) in [5.41, 5.74) is 2.35. The Balaban J connectivity index is 2.07. The number of nitrogens with one attached hydrogen (secondary N) is 1. The number of nitrogens with zero attached hydrogens (tertiary/aromatic N) is 1. The SMILES string of the molecule is C=CCc1cc(/C=C2\C(=O)NC(=S)N(c3ccccc3C)C2=O)cc(OC)c1OCC(=O)O. The van der Waals surface area contributed by atoms with Crippen molar-refractivity contribution in [2.45, 2.75) is 13.3 Å². The zero-order valence-corrected chi connectivity index (χ0v) is 18.9. The maximum atomic E-state index is 13.3. The van der Waals surface area contributed by atoms with Crippen molar-refractivity contribution in [1.82, 2.24) is 5.32 Å². The van der Waals surface area contributed by atoms with E-state index in [2.05, 4.69) is 11.9 Å². The number of hydrogen-bond acceptors (Lipinski definition) is 6. The molecule has 1 fully saturated rings. The van der Waals surface area contributed by atoms with Crippen LogP contribution in [0.1, 0.15) is 16.7 Å². The number of methoxy groups -OCH3 is 1. The third-order valence-corrected chi connectivity index (χ3v) is 5.13. The van der Waals surface area contributed by atoms with Crippen LogP contribution in [0.2, 0.25) is 0 Å². The van der Waals surface area contributed by atoms with Crippen LogP contribution in [0.4, 0.5) is 5.69 Å². The number of benzene rings is 2. The van der Waals surface area contributed by atoms with Crippen molar-refractivity contribution in [2.75, 3.05) is 18.6 Å². The number of ether oxygens (including phenoxy) is 2. The second-order valence-electron chi connectivity index (χ2n) is 7.13. The van der Waals surface area contributed by atoms with E-state index in [0.717, 1.165) is 5.56 Å². The van der Waals surface area contributed by atoms with Gasteiger partial charge in [0, 0.05) is 5.56 Å². The Kier molecular flexibility index (Phi) is 7.24. The summed E-state index contributed by atoms with van der Waals surface area (Å²) in [4.78, 5) is 38.2. The number of hydrogen-bond donors (Lipinski definition) is 2. The Bertz CT molecular complexity index is 1190. The normalized spacial score (nSPS) is 14.8. The number of allylic oxidation sites excluding steroid dienone is 1. The third-order valence-electron chi connectivity index (χ3n) is 4.85. The van der Waals surface area contributed by atoms with Gasteiger partial charge in [-0.25, -0.2) is 4.79 Å². The topological polar surface area (TPSA) is 105 Å². The van der Waals surface area contributed by atoms with E-state index in [-0.39, 0.29) is 22.2 Å². The molecule has 0 atom stereocenters. The molecule has 0 saturated carbocycles. The molecule has 33 heavy (non-hydrogen) atoms. The third kappa shape index (κ3) is 5.09. The van der Waals surface area contributed by atoms with Crippen molar-refractivity contribution in [2.24, 2.45) is 0 Å². The number of carbonyl (C=O) groups is 3. The van der Waals surface area contributed by atoms with Crippen LogP contribution in [-0.2, 0) is 20.8 Å². The Morgan fingerprint density at radius 1 is 1.27 bits per heavy atom. The van der Waals surface area contributed by atoms with Crippen LogP contribution in [0.15, 0.2) is 54.6 Å². The molecule has 0 aromatic heterocycles. The Labute approximate surface area is 196 Å². The quantitative estimate of drug-likeness (QED) is 0.267. The van der Waals surface area contributed by atoms with Crippen LogP contribution < -0.4 is 19.7 Å². The van der Waals surface area contributed by atoms with Gasteiger partial charge in [0.15, 0.2) is 23.2 Å². The molecule has 9 heteroatoms. The monoisotopic (exact) mass is 466 g/mol. The van der Waals surface area contributed by atoms with E-state index < -0.39 is 24.4 Å². The molecule has 2 amide bonds. The summed E-state index contributed by atoms with van der Waals surface area (Å²) in [5, 5.41) is 11.5. The summed E-state index contributed by atoms with van der Waals surface area (Å²) in [6.45, 7) is 5.00. The Morgan fingerprint density at radius 3 is 2.64 bits per heavy atom. The number of rotatable bonds is 8. The zero-order chi connectivity index (χ0) is 24.1. The molecule has 1 aliphatic heterocycles. The largest absolute Gasteiger partial charge is 0.493 e. The average Bonchev–Trinajstić information content (AvgIpc) is 2.76. The molecule has 8 nitrogen and oxygen atoms in total. The van der Waals surface area contributed by atoms with Crippen LogP contribution in [0.3, 0.4) is 0 Å². The highest BCUT2D eigenvalue weighted by atomic mass is 32.1. The lowest BCUT2D eigenvalue weighted by atomic mass is 10.0. The first kappa shape index (κ1) is 23.7. The molecule has 0 radical (unpaired) electrons. The number of para-hydroxylation sites is 1. The first-order valence-corrected chi connectivity index (χ1v) is 10.3. The number of carboxylic acid groups (broad SMARTS) is 1. The molecule has 170 valence electrons. The van der Waals surface area contributed by atoms with Gasteiger partial charge < -0.3 is 14.6 Å². The second-order valence-corrected chi connectivity index (χ2v) is 7.52. The van der Waals surface area contributed by atoms with E-state index in [9.17, 15) is 14.4 Å². The lowest BCUT2D eigenvalue weighted by Gasteiger charge is -2.30. The molecule has 1 saturated heterocycles. The lowest BCUT2D eigenvalue weighted by Crippen LogP contribution is -2.54. The van der Waals surface area contributed by atoms with Crippen molar-refractivity contribution in [1.29, 1.82) is 0 Å². The lowest BCUT2D eigenvalue weighted by molar-refractivity contribution is -0.139. The van der Waals surface area contributed by atoms with E-state index in [1.807, 2.05) is 19.1 Å². The molecule has 1 aliphatic rings. The standard InChI is InChI=1S/C24H22N2O6S/c1-4-7-16-10-15(12-19(31-3)21(16)32-13-20(27)28)11-17-22(29)25-24(33)26(23(17)30)18-9-6-5-8-14(18)2/h4-6,8-12H,1,7,13H2,2-3H3,(H,27,28)(H,25,29,33)/b17-11+. The Hall–Kier alpha value is -3.98. The van der Waals surface area contributed by atoms with Gasteiger partial charge in [0.1, 0.15) is 5.57 Å². The fourth-order valence-corrected chi connectivity index (χ4v) is 3.65. The summed E-state index contributed by atoms with van der Waals surface area (Å²) < 4.78 is 10.8. The van der Waals surface area contributed by atoms with E-state index in [1.54, 1.807) is 30.3 Å². The maximum Gasteiger partial charge on any atom is 0.341 e. The van der Waals surface area contributed by atoms with E-state index in [0.29, 0.717) is 23.2 Å². The highest BCUT2D eigenvalue weighted by Gasteiger charge is 2.35. The van der Waals surface area contributed by atoms with Gasteiger partial charge in [0.2, 0.25) is 0 Å². The molecule has 2 aromatic rings. The van der Waals surface area contributed by atoms with Crippen LogP contribution in [0, 0.1) is 6.92 Å². The smallest absolute Gasteiger partial charge is 0.341 e. The highest BCUT2D eigenvalue weighted by Crippen LogP contribution is 2.35. The van der Waals surface area contributed by atoms with Crippen molar-refractivity contribution in [3.8, 4) is 11.5 Å². The summed E-state index contributed by atoms with van der Waals surface area (Å²) in [6, 6.07) is 10.4. The van der Waals surface area contributed by atoms with Gasteiger partial charge in [-0.1, -0.05) is 24.3 Å². The Morgan fingerprint density at radius 2 is 2.00 bits per heavy atom. The fraction of sp³-hybridized carbons (Fsp3) is 0.167. The molecule has 0 aliphatic carbocycles. The minimum Gasteiger partial charge on any atom is -0.493 e. The van der Waals surface area contributed by atoms with Crippen molar-refractivity contribution in [3.63, 3.8) is 0 Å². The maximum absolute atomic E-state index is 13.3. The van der Waals surface area contributed by atoms with Crippen LogP contribution in [-0.4, -0.2) is 41.7 Å². The molecule has 0 unspecified atom stereocenters. The van der Waals surface area contributed by atoms with Crippen LogP contribution in [0.25, 0.3) is 6.08 Å². The summed E-state index contributed by atoms with van der Waals surface area (Å²) in [5.74, 6) is -1.80. The average molecular weight is 467 g/mol. The van der Waals surface area contributed by atoms with Crippen LogP contribution >= 0.6 is 12.2 Å². The zero-order valence-electron chi connectivity index (χ0n) is 18.1. The first-order valence-electron chi connectivity index (χ1n) is 9.90. The van der Waals surface area contributed by atoms with Crippen molar-refractivity contribution < 1.29 is 29.0 Å². The van der Waals surface area contributed by atoms with Crippen molar-refractivity contribution in [3.05, 3.63) is 71.3 Å². The minimum absolute atomic E-state index is 0.00112. The molecule has 2 N–H and O–H groups in total. The molecule has 2 aromatic carbocycles.